The predicted octanol–water partition coefficient (Wildman–Crippen LogP) is 4.12. The lowest BCUT2D eigenvalue weighted by molar-refractivity contribution is 0.416. The first-order valence-electron chi connectivity index (χ1n) is 5.86. The number of phenols is 2. The highest BCUT2D eigenvalue weighted by Gasteiger charge is 2.18. The van der Waals surface area contributed by atoms with Crippen LogP contribution in [0.1, 0.15) is 0 Å². The average molecular weight is 323 g/mol. The Bertz CT molecular complexity index is 797. The Labute approximate surface area is 129 Å². The lowest BCUT2D eigenvalue weighted by Crippen LogP contribution is -1.83. The van der Waals surface area contributed by atoms with Gasteiger partial charge in [0, 0.05) is 5.56 Å². The first-order chi connectivity index (χ1) is 10.1. The number of nitrogens with zero attached hydrogens (tertiary/aromatic N) is 2. The molecule has 5 nitrogen and oxygen atoms in total. The fourth-order valence-corrected chi connectivity index (χ4v) is 2.12. The van der Waals surface area contributed by atoms with E-state index in [1.807, 2.05) is 0 Å². The molecule has 0 saturated heterocycles. The molecule has 0 aliphatic rings. The highest BCUT2D eigenvalue weighted by atomic mass is 35.5. The van der Waals surface area contributed by atoms with Gasteiger partial charge in [-0.15, -0.1) is 0 Å². The van der Waals surface area contributed by atoms with E-state index in [-0.39, 0.29) is 28.8 Å². The smallest absolute Gasteiger partial charge is 0.265 e. The predicted molar refractivity (Wildman–Crippen MR) is 78.5 cm³/mol. The van der Waals surface area contributed by atoms with Crippen molar-refractivity contribution in [2.24, 2.45) is 0 Å². The van der Waals surface area contributed by atoms with Gasteiger partial charge in [-0.1, -0.05) is 34.4 Å². The molecular weight excluding hydrogens is 315 g/mol. The highest BCUT2D eigenvalue weighted by Crippen LogP contribution is 2.37. The molecule has 0 atom stereocenters. The van der Waals surface area contributed by atoms with Gasteiger partial charge in [0.25, 0.3) is 5.89 Å². The van der Waals surface area contributed by atoms with Crippen molar-refractivity contribution in [3.8, 4) is 34.3 Å². The lowest BCUT2D eigenvalue weighted by atomic mass is 10.1. The van der Waals surface area contributed by atoms with Gasteiger partial charge in [-0.2, -0.15) is 4.98 Å². The molecule has 106 valence electrons. The summed E-state index contributed by atoms with van der Waals surface area (Å²) in [6.07, 6.45) is 0. The molecule has 0 saturated carbocycles. The number of aromatic nitrogens is 2. The molecule has 0 fully saturated rings. The zero-order chi connectivity index (χ0) is 15.0. The maximum Gasteiger partial charge on any atom is 0.265 e. The van der Waals surface area contributed by atoms with Gasteiger partial charge in [0.1, 0.15) is 17.1 Å². The summed E-state index contributed by atoms with van der Waals surface area (Å²) in [5.41, 5.74) is 0.686. The molecule has 21 heavy (non-hydrogen) atoms. The summed E-state index contributed by atoms with van der Waals surface area (Å²) in [6.45, 7) is 0. The Morgan fingerprint density at radius 2 is 1.67 bits per heavy atom. The van der Waals surface area contributed by atoms with Crippen LogP contribution in [0.3, 0.4) is 0 Å². The standard InChI is InChI=1S/C14H8Cl2N2O3/c15-8-5-4-7(6-9(8)16)13-17-14(21-18-13)12-10(19)2-1-3-11(12)20/h1-6,19-20H. The Morgan fingerprint density at radius 3 is 2.33 bits per heavy atom. The van der Waals surface area contributed by atoms with Crippen molar-refractivity contribution in [1.29, 1.82) is 0 Å². The van der Waals surface area contributed by atoms with E-state index < -0.39 is 0 Å². The molecule has 0 spiro atoms. The summed E-state index contributed by atoms with van der Waals surface area (Å²) in [4.78, 5) is 4.14. The summed E-state index contributed by atoms with van der Waals surface area (Å²) in [5, 5.41) is 24.1. The minimum Gasteiger partial charge on any atom is -0.507 e. The van der Waals surface area contributed by atoms with E-state index in [4.69, 9.17) is 27.7 Å². The molecule has 0 amide bonds. The second-order valence-electron chi connectivity index (χ2n) is 4.22. The average Bonchev–Trinajstić information content (AvgIpc) is 2.91. The lowest BCUT2D eigenvalue weighted by Gasteiger charge is -2.01. The van der Waals surface area contributed by atoms with Crippen molar-refractivity contribution in [2.75, 3.05) is 0 Å². The zero-order valence-corrected chi connectivity index (χ0v) is 11.9. The monoisotopic (exact) mass is 322 g/mol. The molecule has 0 unspecified atom stereocenters. The van der Waals surface area contributed by atoms with Crippen molar-refractivity contribution in [3.05, 3.63) is 46.4 Å². The van der Waals surface area contributed by atoms with Crippen LogP contribution < -0.4 is 0 Å². The maximum atomic E-state index is 9.78. The summed E-state index contributed by atoms with van der Waals surface area (Å²) in [5.74, 6) is -0.0310. The second-order valence-corrected chi connectivity index (χ2v) is 5.04. The van der Waals surface area contributed by atoms with Crippen LogP contribution in [0.4, 0.5) is 0 Å². The third-order valence-electron chi connectivity index (χ3n) is 2.84. The van der Waals surface area contributed by atoms with Gasteiger partial charge in [0.2, 0.25) is 5.82 Å². The van der Waals surface area contributed by atoms with E-state index in [1.165, 1.54) is 18.2 Å². The van der Waals surface area contributed by atoms with Gasteiger partial charge in [0.15, 0.2) is 0 Å². The highest BCUT2D eigenvalue weighted by molar-refractivity contribution is 6.42. The number of phenolic OH excluding ortho intramolecular Hbond substituents is 2. The van der Waals surface area contributed by atoms with Crippen LogP contribution in [-0.4, -0.2) is 20.4 Å². The molecule has 0 aliphatic carbocycles. The van der Waals surface area contributed by atoms with Crippen LogP contribution in [0.15, 0.2) is 40.9 Å². The largest absolute Gasteiger partial charge is 0.507 e. The van der Waals surface area contributed by atoms with E-state index in [0.29, 0.717) is 15.6 Å². The Kier molecular flexibility index (Phi) is 3.45. The van der Waals surface area contributed by atoms with Gasteiger partial charge in [0.05, 0.1) is 10.0 Å². The molecule has 0 bridgehead atoms. The minimum absolute atomic E-state index is 0.00618. The third-order valence-corrected chi connectivity index (χ3v) is 3.58. The SMILES string of the molecule is Oc1cccc(O)c1-c1nc(-c2ccc(Cl)c(Cl)c2)no1. The Balaban J connectivity index is 2.06. The van der Waals surface area contributed by atoms with Crippen LogP contribution in [0.2, 0.25) is 10.0 Å². The van der Waals surface area contributed by atoms with Gasteiger partial charge in [-0.25, -0.2) is 0 Å². The summed E-state index contributed by atoms with van der Waals surface area (Å²) < 4.78 is 5.08. The topological polar surface area (TPSA) is 79.4 Å². The van der Waals surface area contributed by atoms with Gasteiger partial charge < -0.3 is 14.7 Å². The number of hydrogen-bond acceptors (Lipinski definition) is 5. The quantitative estimate of drug-likeness (QED) is 0.741. The summed E-state index contributed by atoms with van der Waals surface area (Å²) in [7, 11) is 0. The molecule has 3 aromatic rings. The van der Waals surface area contributed by atoms with Crippen molar-refractivity contribution >= 4 is 23.2 Å². The fourth-order valence-electron chi connectivity index (χ4n) is 1.82. The van der Waals surface area contributed by atoms with E-state index in [2.05, 4.69) is 10.1 Å². The van der Waals surface area contributed by atoms with Crippen molar-refractivity contribution in [1.82, 2.24) is 10.1 Å². The summed E-state index contributed by atoms with van der Waals surface area (Å²) in [6, 6.07) is 9.24. The van der Waals surface area contributed by atoms with E-state index >= 15 is 0 Å². The Hall–Kier alpha value is -2.24. The minimum atomic E-state index is -0.153. The molecule has 2 N–H and O–H groups in total. The van der Waals surface area contributed by atoms with E-state index in [1.54, 1.807) is 18.2 Å². The van der Waals surface area contributed by atoms with E-state index in [9.17, 15) is 10.2 Å². The first kappa shape index (κ1) is 13.7. The van der Waals surface area contributed by atoms with Crippen LogP contribution in [0.5, 0.6) is 11.5 Å². The molecule has 0 radical (unpaired) electrons. The number of rotatable bonds is 2. The number of halogens is 2. The molecule has 7 heteroatoms. The fraction of sp³-hybridized carbons (Fsp3) is 0. The zero-order valence-electron chi connectivity index (χ0n) is 10.4. The summed E-state index contributed by atoms with van der Waals surface area (Å²) >= 11 is 11.8. The van der Waals surface area contributed by atoms with Gasteiger partial charge >= 0.3 is 0 Å². The van der Waals surface area contributed by atoms with Crippen molar-refractivity contribution < 1.29 is 14.7 Å². The molecule has 2 aromatic carbocycles. The second kappa shape index (κ2) is 5.27. The van der Waals surface area contributed by atoms with Crippen LogP contribution in [-0.2, 0) is 0 Å². The van der Waals surface area contributed by atoms with Gasteiger partial charge in [-0.05, 0) is 30.3 Å². The van der Waals surface area contributed by atoms with E-state index in [0.717, 1.165) is 0 Å². The number of benzene rings is 2. The molecule has 0 aliphatic heterocycles. The number of aromatic hydroxyl groups is 2. The Morgan fingerprint density at radius 1 is 0.952 bits per heavy atom. The molecule has 3 rings (SSSR count). The first-order valence-corrected chi connectivity index (χ1v) is 6.62. The van der Waals surface area contributed by atoms with Crippen LogP contribution in [0.25, 0.3) is 22.8 Å². The maximum absolute atomic E-state index is 9.78. The number of hydrogen-bond donors (Lipinski definition) is 2. The van der Waals surface area contributed by atoms with Crippen LogP contribution in [0, 0.1) is 0 Å². The third kappa shape index (κ3) is 2.53. The van der Waals surface area contributed by atoms with Gasteiger partial charge in [-0.3, -0.25) is 0 Å². The normalized spacial score (nSPS) is 10.8. The van der Waals surface area contributed by atoms with Crippen molar-refractivity contribution in [3.63, 3.8) is 0 Å². The van der Waals surface area contributed by atoms with Crippen molar-refractivity contribution in [2.45, 2.75) is 0 Å². The molecule has 1 heterocycles. The van der Waals surface area contributed by atoms with Crippen LogP contribution >= 0.6 is 23.2 Å². The molecular formula is C14H8Cl2N2O3. The molecule has 1 aromatic heterocycles.